The van der Waals surface area contributed by atoms with E-state index >= 15 is 0 Å². The first-order valence-electron chi connectivity index (χ1n) is 9.85. The Morgan fingerprint density at radius 1 is 1.14 bits per heavy atom. The molecule has 3 N–H and O–H groups in total. The molecule has 1 amide bonds. The van der Waals surface area contributed by atoms with Crippen molar-refractivity contribution in [1.82, 2.24) is 10.6 Å². The largest absolute Gasteiger partial charge is 0.357 e. The van der Waals surface area contributed by atoms with Crippen molar-refractivity contribution in [3.8, 4) is 0 Å². The Morgan fingerprint density at radius 3 is 2.69 bits per heavy atom. The minimum atomic E-state index is 0. The van der Waals surface area contributed by atoms with E-state index in [4.69, 9.17) is 4.99 Å². The normalized spacial score (nSPS) is 15.7. The highest BCUT2D eigenvalue weighted by molar-refractivity contribution is 14.0. The predicted octanol–water partition coefficient (Wildman–Crippen LogP) is 4.47. The maximum absolute atomic E-state index is 12.0. The van der Waals surface area contributed by atoms with Crippen LogP contribution in [-0.4, -0.2) is 37.3 Å². The van der Waals surface area contributed by atoms with Crippen molar-refractivity contribution in [2.24, 2.45) is 4.99 Å². The van der Waals surface area contributed by atoms with E-state index < -0.39 is 0 Å². The van der Waals surface area contributed by atoms with Crippen LogP contribution >= 0.6 is 35.7 Å². The number of para-hydroxylation sites is 1. The molecule has 29 heavy (non-hydrogen) atoms. The second-order valence-electron chi connectivity index (χ2n) is 6.70. The van der Waals surface area contributed by atoms with E-state index in [0.29, 0.717) is 13.0 Å². The van der Waals surface area contributed by atoms with Crippen LogP contribution in [-0.2, 0) is 4.79 Å². The zero-order valence-corrected chi connectivity index (χ0v) is 19.8. The number of aliphatic imine (C=N–C) groups is 1. The van der Waals surface area contributed by atoms with Gasteiger partial charge in [0.2, 0.25) is 5.91 Å². The minimum Gasteiger partial charge on any atom is -0.357 e. The van der Waals surface area contributed by atoms with Crippen LogP contribution < -0.4 is 16.0 Å². The van der Waals surface area contributed by atoms with Gasteiger partial charge in [-0.1, -0.05) is 36.4 Å². The predicted molar refractivity (Wildman–Crippen MR) is 134 cm³/mol. The summed E-state index contributed by atoms with van der Waals surface area (Å²) in [6.07, 6.45) is 1.53. The van der Waals surface area contributed by atoms with Crippen molar-refractivity contribution in [2.45, 2.75) is 30.6 Å². The summed E-state index contributed by atoms with van der Waals surface area (Å²) in [4.78, 5) is 18.0. The third-order valence-corrected chi connectivity index (χ3v) is 5.64. The first kappa shape index (κ1) is 23.5. The van der Waals surface area contributed by atoms with Gasteiger partial charge in [0.15, 0.2) is 5.96 Å². The number of guanidine groups is 1. The standard InChI is InChI=1S/C22H28N4OS.HI/c1-2-23-22(24-13-8-14-28-18-9-4-3-5-10-18)25-16-17-15-21(27)26-20-12-7-6-11-19(17)20;/h3-7,9-12,17H,2,8,13-16H2,1H3,(H,26,27)(H2,23,24,25);1H. The molecule has 0 aliphatic carbocycles. The van der Waals surface area contributed by atoms with Gasteiger partial charge in [-0.2, -0.15) is 0 Å². The number of amides is 1. The van der Waals surface area contributed by atoms with Crippen LogP contribution in [0.5, 0.6) is 0 Å². The van der Waals surface area contributed by atoms with Gasteiger partial charge < -0.3 is 16.0 Å². The lowest BCUT2D eigenvalue weighted by atomic mass is 9.91. The van der Waals surface area contributed by atoms with Crippen LogP contribution in [0.25, 0.3) is 0 Å². The van der Waals surface area contributed by atoms with Gasteiger partial charge in [0, 0.05) is 36.0 Å². The summed E-state index contributed by atoms with van der Waals surface area (Å²) in [5.74, 6) is 2.06. The number of nitrogens with zero attached hydrogens (tertiary/aromatic N) is 1. The van der Waals surface area contributed by atoms with E-state index in [9.17, 15) is 4.79 Å². The number of carbonyl (C=O) groups is 1. The summed E-state index contributed by atoms with van der Waals surface area (Å²) in [5.41, 5.74) is 2.08. The van der Waals surface area contributed by atoms with Crippen LogP contribution in [0.3, 0.4) is 0 Å². The van der Waals surface area contributed by atoms with Crippen molar-refractivity contribution < 1.29 is 4.79 Å². The lowest BCUT2D eigenvalue weighted by Gasteiger charge is -2.24. The van der Waals surface area contributed by atoms with Crippen LogP contribution in [0, 0.1) is 0 Å². The molecule has 3 rings (SSSR count). The van der Waals surface area contributed by atoms with Crippen molar-refractivity contribution >= 4 is 53.3 Å². The van der Waals surface area contributed by atoms with E-state index in [-0.39, 0.29) is 35.8 Å². The molecular formula is C22H29IN4OS. The SMILES string of the molecule is CCNC(=NCC1CC(=O)Nc2ccccc21)NCCCSc1ccccc1.I. The average Bonchev–Trinajstić information content (AvgIpc) is 2.72. The second-order valence-corrected chi connectivity index (χ2v) is 7.87. The number of rotatable bonds is 8. The van der Waals surface area contributed by atoms with Gasteiger partial charge in [0.05, 0.1) is 6.54 Å². The third kappa shape index (κ3) is 7.54. The van der Waals surface area contributed by atoms with Crippen molar-refractivity contribution in [1.29, 1.82) is 0 Å². The second kappa shape index (κ2) is 12.7. The van der Waals surface area contributed by atoms with Crippen LogP contribution in [0.15, 0.2) is 64.5 Å². The molecule has 7 heteroatoms. The van der Waals surface area contributed by atoms with Crippen molar-refractivity contribution in [2.75, 3.05) is 30.7 Å². The maximum Gasteiger partial charge on any atom is 0.225 e. The minimum absolute atomic E-state index is 0. The Kier molecular flexibility index (Phi) is 10.3. The highest BCUT2D eigenvalue weighted by Gasteiger charge is 2.24. The fraction of sp³-hybridized carbons (Fsp3) is 0.364. The number of hydrogen-bond acceptors (Lipinski definition) is 3. The number of benzene rings is 2. The zero-order valence-electron chi connectivity index (χ0n) is 16.7. The van der Waals surface area contributed by atoms with E-state index in [1.165, 1.54) is 10.5 Å². The monoisotopic (exact) mass is 524 g/mol. The molecule has 1 atom stereocenters. The van der Waals surface area contributed by atoms with Gasteiger partial charge in [-0.3, -0.25) is 9.79 Å². The summed E-state index contributed by atoms with van der Waals surface area (Å²) >= 11 is 1.87. The summed E-state index contributed by atoms with van der Waals surface area (Å²) in [7, 11) is 0. The smallest absolute Gasteiger partial charge is 0.225 e. The number of hydrogen-bond donors (Lipinski definition) is 3. The molecule has 1 aliphatic heterocycles. The number of thioether (sulfide) groups is 1. The number of halogens is 1. The van der Waals surface area contributed by atoms with Crippen LogP contribution in [0.1, 0.15) is 31.2 Å². The molecule has 0 bridgehead atoms. The number of nitrogens with one attached hydrogen (secondary N) is 3. The summed E-state index contributed by atoms with van der Waals surface area (Å²) in [6, 6.07) is 18.5. The summed E-state index contributed by atoms with van der Waals surface area (Å²) < 4.78 is 0. The lowest BCUT2D eigenvalue weighted by molar-refractivity contribution is -0.116. The molecular weight excluding hydrogens is 495 g/mol. The first-order chi connectivity index (χ1) is 13.8. The maximum atomic E-state index is 12.0. The molecule has 1 heterocycles. The molecule has 1 unspecified atom stereocenters. The molecule has 0 saturated carbocycles. The van der Waals surface area contributed by atoms with Gasteiger partial charge in [-0.05, 0) is 42.9 Å². The van der Waals surface area contributed by atoms with Gasteiger partial charge in [-0.15, -0.1) is 35.7 Å². The number of fused-ring (bicyclic) bond motifs is 1. The van der Waals surface area contributed by atoms with E-state index in [0.717, 1.165) is 36.9 Å². The highest BCUT2D eigenvalue weighted by Crippen LogP contribution is 2.31. The molecule has 0 radical (unpaired) electrons. The lowest BCUT2D eigenvalue weighted by Crippen LogP contribution is -2.38. The summed E-state index contributed by atoms with van der Waals surface area (Å²) in [5, 5.41) is 9.65. The Balaban J connectivity index is 0.00000300. The molecule has 156 valence electrons. The number of anilines is 1. The molecule has 0 spiro atoms. The highest BCUT2D eigenvalue weighted by atomic mass is 127. The molecule has 0 saturated heterocycles. The molecule has 0 fully saturated rings. The van der Waals surface area contributed by atoms with Gasteiger partial charge in [-0.25, -0.2) is 0 Å². The number of carbonyl (C=O) groups excluding carboxylic acids is 1. The first-order valence-corrected chi connectivity index (χ1v) is 10.8. The third-order valence-electron chi connectivity index (χ3n) is 4.55. The zero-order chi connectivity index (χ0) is 19.6. The molecule has 0 aromatic heterocycles. The molecule has 2 aromatic rings. The topological polar surface area (TPSA) is 65.5 Å². The quantitative estimate of drug-likeness (QED) is 0.157. The van der Waals surface area contributed by atoms with Gasteiger partial charge in [0.25, 0.3) is 0 Å². The van der Waals surface area contributed by atoms with Gasteiger partial charge in [0.1, 0.15) is 0 Å². The van der Waals surface area contributed by atoms with Crippen molar-refractivity contribution in [3.05, 3.63) is 60.2 Å². The molecule has 1 aliphatic rings. The summed E-state index contributed by atoms with van der Waals surface area (Å²) in [6.45, 7) is 4.34. The van der Waals surface area contributed by atoms with Crippen LogP contribution in [0.4, 0.5) is 5.69 Å². The fourth-order valence-electron chi connectivity index (χ4n) is 3.19. The molecule has 2 aromatic carbocycles. The van der Waals surface area contributed by atoms with E-state index in [1.54, 1.807) is 0 Å². The van der Waals surface area contributed by atoms with E-state index in [2.05, 4.69) is 53.2 Å². The average molecular weight is 524 g/mol. The Bertz CT molecular complexity index is 800. The van der Waals surface area contributed by atoms with Crippen molar-refractivity contribution in [3.63, 3.8) is 0 Å². The molecule has 5 nitrogen and oxygen atoms in total. The Labute approximate surface area is 194 Å². The Hall–Kier alpha value is -1.74. The van der Waals surface area contributed by atoms with Gasteiger partial charge >= 0.3 is 0 Å². The van der Waals surface area contributed by atoms with E-state index in [1.807, 2.05) is 36.0 Å². The van der Waals surface area contributed by atoms with Crippen LogP contribution in [0.2, 0.25) is 0 Å². The Morgan fingerprint density at radius 2 is 1.90 bits per heavy atom. The fourth-order valence-corrected chi connectivity index (χ4v) is 4.07.